The van der Waals surface area contributed by atoms with Crippen LogP contribution in [0.5, 0.6) is 0 Å². The van der Waals surface area contributed by atoms with E-state index in [9.17, 15) is 13.2 Å². The Labute approximate surface area is 213 Å². The fraction of sp³-hybridized carbons (Fsp3) is 0.174. The molecule has 3 aromatic rings. The number of amides is 1. The van der Waals surface area contributed by atoms with Gasteiger partial charge in [-0.2, -0.15) is 4.31 Å². The second kappa shape index (κ2) is 11.1. The maximum Gasteiger partial charge on any atom is 0.243 e. The molecule has 5 nitrogen and oxygen atoms in total. The normalized spacial score (nSPS) is 11.6. The van der Waals surface area contributed by atoms with Gasteiger partial charge in [-0.3, -0.25) is 4.79 Å². The number of sulfonamides is 1. The zero-order valence-corrected chi connectivity index (χ0v) is 21.3. The highest BCUT2D eigenvalue weighted by molar-refractivity contribution is 7.89. The number of rotatable bonds is 8. The summed E-state index contributed by atoms with van der Waals surface area (Å²) < 4.78 is 27.8. The van der Waals surface area contributed by atoms with Gasteiger partial charge in [0.1, 0.15) is 0 Å². The van der Waals surface area contributed by atoms with Gasteiger partial charge in [-0.15, -0.1) is 0 Å². The molecule has 3 rings (SSSR count). The fourth-order valence-electron chi connectivity index (χ4n) is 3.02. The van der Waals surface area contributed by atoms with Gasteiger partial charge in [-0.25, -0.2) is 8.42 Å². The fourth-order valence-corrected chi connectivity index (χ4v) is 5.38. The van der Waals surface area contributed by atoms with E-state index in [2.05, 4.69) is 5.32 Å². The summed E-state index contributed by atoms with van der Waals surface area (Å²) in [6, 6.07) is 16.2. The Morgan fingerprint density at radius 3 is 2.15 bits per heavy atom. The Hall–Kier alpha value is -1.80. The van der Waals surface area contributed by atoms with Crippen molar-refractivity contribution in [3.63, 3.8) is 0 Å². The number of aryl methyl sites for hydroxylation is 1. The molecular weight excluding hydrogens is 526 g/mol. The molecule has 0 bridgehead atoms. The number of carbonyl (C=O) groups is 1. The van der Waals surface area contributed by atoms with E-state index >= 15 is 0 Å². The summed E-state index contributed by atoms with van der Waals surface area (Å²) in [5.41, 5.74) is 1.97. The van der Waals surface area contributed by atoms with E-state index in [1.54, 1.807) is 48.5 Å². The topological polar surface area (TPSA) is 66.5 Å². The van der Waals surface area contributed by atoms with Crippen LogP contribution in [0.25, 0.3) is 0 Å². The lowest BCUT2D eigenvalue weighted by atomic mass is 10.2. The summed E-state index contributed by atoms with van der Waals surface area (Å²) in [7, 11) is -4.03. The summed E-state index contributed by atoms with van der Waals surface area (Å²) in [5, 5.41) is 4.18. The molecule has 0 heterocycles. The van der Waals surface area contributed by atoms with Crippen LogP contribution in [0.15, 0.2) is 65.6 Å². The van der Waals surface area contributed by atoms with Crippen molar-refractivity contribution in [2.45, 2.75) is 24.9 Å². The van der Waals surface area contributed by atoms with Gasteiger partial charge in [0.25, 0.3) is 0 Å². The minimum Gasteiger partial charge on any atom is -0.351 e. The average Bonchev–Trinajstić information content (AvgIpc) is 2.75. The number of halogens is 4. The molecule has 0 radical (unpaired) electrons. The van der Waals surface area contributed by atoms with Crippen molar-refractivity contribution in [3.8, 4) is 0 Å². The largest absolute Gasteiger partial charge is 0.351 e. The monoisotopic (exact) mass is 544 g/mol. The third-order valence-electron chi connectivity index (χ3n) is 4.87. The van der Waals surface area contributed by atoms with Crippen molar-refractivity contribution in [2.75, 3.05) is 6.54 Å². The van der Waals surface area contributed by atoms with Gasteiger partial charge in [0.2, 0.25) is 15.9 Å². The molecule has 0 saturated carbocycles. The van der Waals surface area contributed by atoms with Crippen LogP contribution in [-0.2, 0) is 27.9 Å². The quantitative estimate of drug-likeness (QED) is 0.371. The molecule has 0 aliphatic rings. The van der Waals surface area contributed by atoms with Crippen molar-refractivity contribution in [3.05, 3.63) is 97.4 Å². The maximum atomic E-state index is 13.4. The molecule has 0 fully saturated rings. The van der Waals surface area contributed by atoms with E-state index in [1.165, 1.54) is 12.1 Å². The molecule has 3 aromatic carbocycles. The van der Waals surface area contributed by atoms with Crippen LogP contribution in [0.2, 0.25) is 20.1 Å². The van der Waals surface area contributed by atoms with Crippen molar-refractivity contribution in [2.24, 2.45) is 0 Å². The van der Waals surface area contributed by atoms with E-state index in [1.807, 2.05) is 6.92 Å². The Kier molecular flexibility index (Phi) is 8.67. The highest BCUT2D eigenvalue weighted by Gasteiger charge is 2.28. The van der Waals surface area contributed by atoms with Crippen molar-refractivity contribution in [1.82, 2.24) is 9.62 Å². The first kappa shape index (κ1) is 25.8. The minimum absolute atomic E-state index is 0.0600. The first-order valence-corrected chi connectivity index (χ1v) is 12.7. The van der Waals surface area contributed by atoms with E-state index in [0.717, 1.165) is 9.87 Å². The molecule has 1 N–H and O–H groups in total. The molecule has 174 valence electrons. The summed E-state index contributed by atoms with van der Waals surface area (Å²) in [5.74, 6) is -0.514. The van der Waals surface area contributed by atoms with Gasteiger partial charge in [0, 0.05) is 38.7 Å². The summed E-state index contributed by atoms with van der Waals surface area (Å²) in [6.45, 7) is 1.35. The average molecular weight is 546 g/mol. The van der Waals surface area contributed by atoms with Crippen LogP contribution in [0, 0.1) is 6.92 Å². The first-order chi connectivity index (χ1) is 15.6. The van der Waals surface area contributed by atoms with Crippen LogP contribution >= 0.6 is 46.4 Å². The maximum absolute atomic E-state index is 13.4. The molecule has 0 spiro atoms. The minimum atomic E-state index is -4.03. The van der Waals surface area contributed by atoms with E-state index in [0.29, 0.717) is 31.2 Å². The third-order valence-corrected chi connectivity index (χ3v) is 7.97. The van der Waals surface area contributed by atoms with Crippen LogP contribution in [0.1, 0.15) is 16.7 Å². The Morgan fingerprint density at radius 1 is 0.909 bits per heavy atom. The number of nitrogens with one attached hydrogen (secondary N) is 1. The van der Waals surface area contributed by atoms with Gasteiger partial charge in [-0.1, -0.05) is 76.2 Å². The van der Waals surface area contributed by atoms with Gasteiger partial charge < -0.3 is 5.32 Å². The lowest BCUT2D eigenvalue weighted by molar-refractivity contribution is -0.121. The van der Waals surface area contributed by atoms with Crippen LogP contribution < -0.4 is 5.32 Å². The highest BCUT2D eigenvalue weighted by Crippen LogP contribution is 2.28. The molecule has 0 unspecified atom stereocenters. The summed E-state index contributed by atoms with van der Waals surface area (Å²) >= 11 is 24.6. The molecule has 0 aromatic heterocycles. The molecular formula is C23H20Cl4N2O3S. The Bertz CT molecular complexity index is 1240. The van der Waals surface area contributed by atoms with E-state index in [-0.39, 0.29) is 18.0 Å². The van der Waals surface area contributed by atoms with E-state index < -0.39 is 22.5 Å². The van der Waals surface area contributed by atoms with Gasteiger partial charge >= 0.3 is 0 Å². The first-order valence-electron chi connectivity index (χ1n) is 9.78. The Morgan fingerprint density at radius 2 is 1.55 bits per heavy atom. The molecule has 33 heavy (non-hydrogen) atoms. The van der Waals surface area contributed by atoms with Gasteiger partial charge in [-0.05, 0) is 48.9 Å². The predicted octanol–water partition coefficient (Wildman–Crippen LogP) is 6.12. The van der Waals surface area contributed by atoms with Crippen molar-refractivity contribution in [1.29, 1.82) is 0 Å². The standard InChI is InChI=1S/C23H20Cl4N2O3S/c1-15-5-9-18(10-6-15)33(31,32)29(13-19-20(25)3-2-4-21(19)26)14-23(30)28-12-16-7-8-17(24)11-22(16)27/h2-11H,12-14H2,1H3,(H,28,30). The number of carbonyl (C=O) groups excluding carboxylic acids is 1. The lowest BCUT2D eigenvalue weighted by Gasteiger charge is -2.23. The van der Waals surface area contributed by atoms with Crippen molar-refractivity contribution >= 4 is 62.3 Å². The number of hydrogen-bond acceptors (Lipinski definition) is 3. The number of benzene rings is 3. The zero-order valence-electron chi connectivity index (χ0n) is 17.5. The summed E-state index contributed by atoms with van der Waals surface area (Å²) in [4.78, 5) is 12.8. The molecule has 10 heteroatoms. The Balaban J connectivity index is 1.86. The predicted molar refractivity (Wildman–Crippen MR) is 134 cm³/mol. The van der Waals surface area contributed by atoms with Crippen molar-refractivity contribution < 1.29 is 13.2 Å². The SMILES string of the molecule is Cc1ccc(S(=O)(=O)N(CC(=O)NCc2ccc(Cl)cc2Cl)Cc2c(Cl)cccc2Cl)cc1. The molecule has 0 atom stereocenters. The zero-order chi connectivity index (χ0) is 24.2. The van der Waals surface area contributed by atoms with Gasteiger partial charge in [0.05, 0.1) is 11.4 Å². The third kappa shape index (κ3) is 6.63. The van der Waals surface area contributed by atoms with E-state index in [4.69, 9.17) is 46.4 Å². The number of hydrogen-bond donors (Lipinski definition) is 1. The highest BCUT2D eigenvalue weighted by atomic mass is 35.5. The van der Waals surface area contributed by atoms with Gasteiger partial charge in [0.15, 0.2) is 0 Å². The molecule has 0 aliphatic heterocycles. The summed E-state index contributed by atoms with van der Waals surface area (Å²) in [6.07, 6.45) is 0. The lowest BCUT2D eigenvalue weighted by Crippen LogP contribution is -2.40. The second-order valence-corrected chi connectivity index (χ2v) is 10.9. The molecule has 0 saturated heterocycles. The smallest absolute Gasteiger partial charge is 0.243 e. The second-order valence-electron chi connectivity index (χ2n) is 7.30. The molecule has 1 amide bonds. The van der Waals surface area contributed by atoms with Crippen LogP contribution in [0.4, 0.5) is 0 Å². The number of nitrogens with zero attached hydrogens (tertiary/aromatic N) is 1. The molecule has 0 aliphatic carbocycles. The van der Waals surface area contributed by atoms with Crippen LogP contribution in [0.3, 0.4) is 0 Å². The van der Waals surface area contributed by atoms with Crippen LogP contribution in [-0.4, -0.2) is 25.2 Å².